The molecule has 0 bridgehead atoms. The largest absolute Gasteiger partial charge is 0.490 e. The minimum absolute atomic E-state index is 0.0624. The van der Waals surface area contributed by atoms with Gasteiger partial charge in [-0.25, -0.2) is 4.98 Å². The van der Waals surface area contributed by atoms with Crippen LogP contribution in [0.2, 0.25) is 0 Å². The molecule has 4 rings (SSSR count). The molecule has 0 spiro atoms. The number of fused-ring (bicyclic) bond motifs is 3. The number of benzene rings is 1. The van der Waals surface area contributed by atoms with Crippen molar-refractivity contribution < 1.29 is 19.0 Å². The van der Waals surface area contributed by atoms with Gasteiger partial charge in [0.05, 0.1) is 48.6 Å². The first-order valence-electron chi connectivity index (χ1n) is 10.0. The number of imidazole rings is 1. The Balaban J connectivity index is 1.43. The van der Waals surface area contributed by atoms with E-state index in [0.29, 0.717) is 25.4 Å². The van der Waals surface area contributed by atoms with Crippen molar-refractivity contribution in [2.24, 2.45) is 0 Å². The molecule has 0 saturated heterocycles. The Labute approximate surface area is 178 Å². The van der Waals surface area contributed by atoms with Gasteiger partial charge in [0.25, 0.3) is 5.91 Å². The summed E-state index contributed by atoms with van der Waals surface area (Å²) >= 11 is 3.58. The van der Waals surface area contributed by atoms with Crippen LogP contribution in [0.15, 0.2) is 29.1 Å². The summed E-state index contributed by atoms with van der Waals surface area (Å²) < 4.78 is 19.6. The predicted molar refractivity (Wildman–Crippen MR) is 112 cm³/mol. The number of carbonyl (C=O) groups excluding carboxylic acids is 1. The summed E-state index contributed by atoms with van der Waals surface area (Å²) in [4.78, 5) is 17.2. The predicted octanol–water partition coefficient (Wildman–Crippen LogP) is 3.41. The number of nitrogens with zero attached hydrogens (tertiary/aromatic N) is 2. The number of nitrogens with one attached hydrogen (secondary N) is 1. The van der Waals surface area contributed by atoms with Crippen molar-refractivity contribution in [1.82, 2.24) is 14.9 Å². The summed E-state index contributed by atoms with van der Waals surface area (Å²) in [6.45, 7) is 2.54. The lowest BCUT2D eigenvalue weighted by Crippen LogP contribution is -2.39. The Morgan fingerprint density at radius 3 is 2.93 bits per heavy atom. The summed E-state index contributed by atoms with van der Waals surface area (Å²) in [6.07, 6.45) is 7.62. The fourth-order valence-corrected chi connectivity index (χ4v) is 4.55. The highest BCUT2D eigenvalue weighted by Crippen LogP contribution is 2.39. The average molecular weight is 464 g/mol. The van der Waals surface area contributed by atoms with Crippen molar-refractivity contribution in [2.45, 2.75) is 44.4 Å². The molecule has 29 heavy (non-hydrogen) atoms. The SMILES string of the molecule is COCCOC1CCC(NC(=O)c2cc(Br)c3c(c2)-c2cncn2CCO3)CC1. The number of aromatic nitrogens is 2. The summed E-state index contributed by atoms with van der Waals surface area (Å²) in [5, 5.41) is 3.19. The van der Waals surface area contributed by atoms with Crippen LogP contribution in [0.3, 0.4) is 0 Å². The molecule has 1 aliphatic heterocycles. The van der Waals surface area contributed by atoms with Crippen molar-refractivity contribution in [3.63, 3.8) is 0 Å². The highest BCUT2D eigenvalue weighted by Gasteiger charge is 2.25. The van der Waals surface area contributed by atoms with Crippen LogP contribution in [0, 0.1) is 0 Å². The Kier molecular flexibility index (Phi) is 6.52. The van der Waals surface area contributed by atoms with Gasteiger partial charge in [-0.3, -0.25) is 4.79 Å². The Morgan fingerprint density at radius 1 is 1.31 bits per heavy atom. The third-order valence-corrected chi connectivity index (χ3v) is 6.11. The van der Waals surface area contributed by atoms with Crippen LogP contribution in [0.1, 0.15) is 36.0 Å². The number of rotatable bonds is 6. The number of methoxy groups -OCH3 is 1. The van der Waals surface area contributed by atoms with Crippen LogP contribution in [0.25, 0.3) is 11.3 Å². The molecule has 8 heteroatoms. The maximum atomic E-state index is 12.9. The fourth-order valence-electron chi connectivity index (χ4n) is 3.97. The van der Waals surface area contributed by atoms with Crippen molar-refractivity contribution in [3.05, 3.63) is 34.7 Å². The quantitative estimate of drug-likeness (QED) is 0.664. The molecular weight excluding hydrogens is 438 g/mol. The third kappa shape index (κ3) is 4.65. The van der Waals surface area contributed by atoms with E-state index in [1.165, 1.54) is 0 Å². The molecule has 1 N–H and O–H groups in total. The monoisotopic (exact) mass is 463 g/mol. The molecule has 1 saturated carbocycles. The summed E-state index contributed by atoms with van der Waals surface area (Å²) in [6, 6.07) is 3.90. The Hall–Kier alpha value is -1.90. The number of hydrogen-bond acceptors (Lipinski definition) is 5. The van der Waals surface area contributed by atoms with Crippen LogP contribution in [-0.2, 0) is 16.0 Å². The van der Waals surface area contributed by atoms with E-state index in [4.69, 9.17) is 14.2 Å². The molecule has 1 aromatic carbocycles. The normalized spacial score (nSPS) is 20.9. The van der Waals surface area contributed by atoms with Crippen LogP contribution in [0.5, 0.6) is 5.75 Å². The lowest BCUT2D eigenvalue weighted by atomic mass is 9.92. The molecule has 2 aromatic rings. The Bertz CT molecular complexity index is 862. The second-order valence-corrected chi connectivity index (χ2v) is 8.32. The second kappa shape index (κ2) is 9.28. The van der Waals surface area contributed by atoms with Gasteiger partial charge in [-0.1, -0.05) is 0 Å². The zero-order valence-corrected chi connectivity index (χ0v) is 18.1. The molecule has 0 unspecified atom stereocenters. The molecule has 1 aromatic heterocycles. The number of ether oxygens (including phenoxy) is 3. The molecule has 1 amide bonds. The molecule has 7 nitrogen and oxygen atoms in total. The van der Waals surface area contributed by atoms with Crippen molar-refractivity contribution in [3.8, 4) is 17.0 Å². The van der Waals surface area contributed by atoms with Crippen LogP contribution in [0.4, 0.5) is 0 Å². The van der Waals surface area contributed by atoms with Crippen molar-refractivity contribution >= 4 is 21.8 Å². The van der Waals surface area contributed by atoms with Crippen LogP contribution >= 0.6 is 15.9 Å². The first-order valence-corrected chi connectivity index (χ1v) is 10.8. The summed E-state index contributed by atoms with van der Waals surface area (Å²) in [7, 11) is 1.68. The maximum absolute atomic E-state index is 12.9. The van der Waals surface area contributed by atoms with E-state index in [1.807, 2.05) is 22.9 Å². The number of hydrogen-bond donors (Lipinski definition) is 1. The lowest BCUT2D eigenvalue weighted by molar-refractivity contribution is -0.00408. The van der Waals surface area contributed by atoms with Gasteiger partial charge in [0.2, 0.25) is 0 Å². The second-order valence-electron chi connectivity index (χ2n) is 7.47. The minimum Gasteiger partial charge on any atom is -0.490 e. The van der Waals surface area contributed by atoms with E-state index < -0.39 is 0 Å². The highest BCUT2D eigenvalue weighted by molar-refractivity contribution is 9.10. The standard InChI is InChI=1S/C21H26BrN3O4/c1-27-8-9-28-16-4-2-15(3-5-16)24-21(26)14-10-17-19-12-23-13-25(19)6-7-29-20(17)18(22)11-14/h10-13,15-16H,2-9H2,1H3,(H,24,26). The fraction of sp³-hybridized carbons (Fsp3) is 0.524. The van der Waals surface area contributed by atoms with Gasteiger partial charge in [-0.2, -0.15) is 0 Å². The lowest BCUT2D eigenvalue weighted by Gasteiger charge is -2.29. The van der Waals surface area contributed by atoms with Gasteiger partial charge >= 0.3 is 0 Å². The number of carbonyl (C=O) groups is 1. The molecule has 2 aliphatic rings. The Morgan fingerprint density at radius 2 is 2.14 bits per heavy atom. The van der Waals surface area contributed by atoms with E-state index in [1.54, 1.807) is 13.4 Å². The minimum atomic E-state index is -0.0624. The topological polar surface area (TPSA) is 74.6 Å². The summed E-state index contributed by atoms with van der Waals surface area (Å²) in [5.74, 6) is 0.696. The molecule has 1 fully saturated rings. The highest BCUT2D eigenvalue weighted by atomic mass is 79.9. The first kappa shape index (κ1) is 20.4. The third-order valence-electron chi connectivity index (χ3n) is 5.52. The van der Waals surface area contributed by atoms with Gasteiger partial charge in [0, 0.05) is 24.3 Å². The van der Waals surface area contributed by atoms with Gasteiger partial charge in [0.15, 0.2) is 0 Å². The van der Waals surface area contributed by atoms with Gasteiger partial charge in [0.1, 0.15) is 12.4 Å². The van der Waals surface area contributed by atoms with E-state index in [2.05, 4.69) is 26.2 Å². The summed E-state index contributed by atoms with van der Waals surface area (Å²) in [5.41, 5.74) is 2.46. The molecule has 156 valence electrons. The first-order chi connectivity index (χ1) is 14.2. The molecule has 1 aliphatic carbocycles. The van der Waals surface area contributed by atoms with Crippen LogP contribution < -0.4 is 10.1 Å². The van der Waals surface area contributed by atoms with E-state index in [-0.39, 0.29) is 18.1 Å². The van der Waals surface area contributed by atoms with E-state index >= 15 is 0 Å². The molecule has 2 heterocycles. The van der Waals surface area contributed by atoms with Gasteiger partial charge in [-0.05, 0) is 53.7 Å². The van der Waals surface area contributed by atoms with Crippen molar-refractivity contribution in [1.29, 1.82) is 0 Å². The maximum Gasteiger partial charge on any atom is 0.251 e. The zero-order valence-electron chi connectivity index (χ0n) is 16.5. The van der Waals surface area contributed by atoms with Crippen molar-refractivity contribution in [2.75, 3.05) is 26.9 Å². The molecule has 0 radical (unpaired) electrons. The number of halogens is 1. The van der Waals surface area contributed by atoms with Gasteiger partial charge in [-0.15, -0.1) is 0 Å². The molecule has 0 atom stereocenters. The van der Waals surface area contributed by atoms with E-state index in [0.717, 1.165) is 53.7 Å². The van der Waals surface area contributed by atoms with E-state index in [9.17, 15) is 4.79 Å². The number of amides is 1. The van der Waals surface area contributed by atoms with Gasteiger partial charge < -0.3 is 24.1 Å². The van der Waals surface area contributed by atoms with Crippen LogP contribution in [-0.4, -0.2) is 54.5 Å². The smallest absolute Gasteiger partial charge is 0.251 e. The zero-order chi connectivity index (χ0) is 20.2. The average Bonchev–Trinajstić information content (AvgIpc) is 3.11. The molecular formula is C21H26BrN3O4.